The molecule has 0 aliphatic heterocycles. The number of nitrogen functional groups attached to an aromatic ring is 1. The summed E-state index contributed by atoms with van der Waals surface area (Å²) >= 11 is 0. The number of fused-ring (bicyclic) bond motifs is 1. The van der Waals surface area contributed by atoms with E-state index in [9.17, 15) is 0 Å². The van der Waals surface area contributed by atoms with E-state index in [2.05, 4.69) is 33.3 Å². The van der Waals surface area contributed by atoms with E-state index in [4.69, 9.17) is 10.5 Å². The van der Waals surface area contributed by atoms with Gasteiger partial charge in [-0.2, -0.15) is 4.98 Å². The van der Waals surface area contributed by atoms with Gasteiger partial charge in [-0.1, -0.05) is 35.9 Å². The number of aromatic nitrogens is 3. The molecule has 140 valence electrons. The van der Waals surface area contributed by atoms with Gasteiger partial charge in [0.1, 0.15) is 17.5 Å². The number of nitrogens with one attached hydrogen (secondary N) is 1. The van der Waals surface area contributed by atoms with Gasteiger partial charge in [-0.05, 0) is 44.5 Å². The van der Waals surface area contributed by atoms with Crippen LogP contribution in [0, 0.1) is 20.8 Å². The maximum absolute atomic E-state index is 6.30. The van der Waals surface area contributed by atoms with Crippen LogP contribution in [0.5, 0.6) is 11.6 Å². The average molecular weight is 371 g/mol. The van der Waals surface area contributed by atoms with E-state index < -0.39 is 0 Å². The summed E-state index contributed by atoms with van der Waals surface area (Å²) in [6.07, 6.45) is 1.43. The molecule has 0 bridgehead atoms. The molecule has 0 amide bonds. The third-order valence-corrected chi connectivity index (χ3v) is 4.51. The number of benzene rings is 2. The number of rotatable bonds is 4. The van der Waals surface area contributed by atoms with Crippen LogP contribution < -0.4 is 15.8 Å². The van der Waals surface area contributed by atoms with Crippen molar-refractivity contribution < 1.29 is 4.74 Å². The average Bonchev–Trinajstić information content (AvgIpc) is 2.67. The van der Waals surface area contributed by atoms with Crippen LogP contribution >= 0.6 is 0 Å². The highest BCUT2D eigenvalue weighted by atomic mass is 16.5. The molecule has 0 fully saturated rings. The van der Waals surface area contributed by atoms with E-state index in [0.717, 1.165) is 27.8 Å². The Morgan fingerprint density at radius 3 is 2.64 bits per heavy atom. The Kier molecular flexibility index (Phi) is 4.53. The SMILES string of the molecule is Cc1ccc(Nc2ncnc(Oc3cccc4ccc(C)nc34)c2N)c(C)c1. The minimum absolute atomic E-state index is 0.290. The zero-order valence-corrected chi connectivity index (χ0v) is 16.0. The van der Waals surface area contributed by atoms with Crippen LogP contribution in [0.25, 0.3) is 10.9 Å². The van der Waals surface area contributed by atoms with Crippen LogP contribution in [-0.2, 0) is 0 Å². The number of ether oxygens (including phenoxy) is 1. The molecule has 2 aromatic heterocycles. The predicted octanol–water partition coefficient (Wildman–Crippen LogP) is 5.07. The first kappa shape index (κ1) is 17.7. The van der Waals surface area contributed by atoms with Crippen LogP contribution in [0.4, 0.5) is 17.2 Å². The van der Waals surface area contributed by atoms with Crippen molar-refractivity contribution in [3.05, 3.63) is 71.7 Å². The molecule has 0 spiro atoms. The van der Waals surface area contributed by atoms with Gasteiger partial charge < -0.3 is 15.8 Å². The molecule has 0 aliphatic carbocycles. The third kappa shape index (κ3) is 3.44. The summed E-state index contributed by atoms with van der Waals surface area (Å²) < 4.78 is 6.03. The Morgan fingerprint density at radius 2 is 1.82 bits per heavy atom. The van der Waals surface area contributed by atoms with Gasteiger partial charge in [0.2, 0.25) is 5.88 Å². The molecular weight excluding hydrogens is 350 g/mol. The Labute approximate surface area is 163 Å². The summed E-state index contributed by atoms with van der Waals surface area (Å²) in [4.78, 5) is 13.1. The molecule has 6 heteroatoms. The van der Waals surface area contributed by atoms with Crippen molar-refractivity contribution >= 4 is 28.1 Å². The van der Waals surface area contributed by atoms with Gasteiger partial charge in [-0.3, -0.25) is 0 Å². The van der Waals surface area contributed by atoms with E-state index in [1.165, 1.54) is 11.9 Å². The lowest BCUT2D eigenvalue weighted by Crippen LogP contribution is -2.04. The summed E-state index contributed by atoms with van der Waals surface area (Å²) in [6, 6.07) is 15.9. The van der Waals surface area contributed by atoms with Crippen LogP contribution in [-0.4, -0.2) is 15.0 Å². The predicted molar refractivity (Wildman–Crippen MR) is 112 cm³/mol. The molecule has 0 atom stereocenters. The third-order valence-electron chi connectivity index (χ3n) is 4.51. The number of nitrogens with two attached hydrogens (primary N) is 1. The van der Waals surface area contributed by atoms with Crippen molar-refractivity contribution in [3.63, 3.8) is 0 Å². The first-order valence-corrected chi connectivity index (χ1v) is 9.00. The quantitative estimate of drug-likeness (QED) is 0.521. The second-order valence-corrected chi connectivity index (χ2v) is 6.77. The van der Waals surface area contributed by atoms with E-state index in [0.29, 0.717) is 17.3 Å². The van der Waals surface area contributed by atoms with Gasteiger partial charge in [0, 0.05) is 16.8 Å². The lowest BCUT2D eigenvalue weighted by molar-refractivity contribution is 0.469. The summed E-state index contributed by atoms with van der Waals surface area (Å²) in [5, 5.41) is 4.26. The molecule has 28 heavy (non-hydrogen) atoms. The zero-order valence-electron chi connectivity index (χ0n) is 16.0. The fourth-order valence-corrected chi connectivity index (χ4v) is 3.05. The standard InChI is InChI=1S/C22H21N5O/c1-13-7-10-17(14(2)11-13)27-21-19(23)22(25-12-24-21)28-18-6-4-5-16-9-8-15(3)26-20(16)18/h4-12H,23H2,1-3H3,(H,24,25,27). The molecule has 0 saturated heterocycles. The molecular formula is C22H21N5O. The number of para-hydroxylation sites is 1. The minimum atomic E-state index is 0.290. The van der Waals surface area contributed by atoms with Crippen LogP contribution in [0.3, 0.4) is 0 Å². The zero-order chi connectivity index (χ0) is 19.7. The number of pyridine rings is 1. The van der Waals surface area contributed by atoms with Crippen LogP contribution in [0.2, 0.25) is 0 Å². The summed E-state index contributed by atoms with van der Waals surface area (Å²) in [6.45, 7) is 6.04. The van der Waals surface area contributed by atoms with Gasteiger partial charge in [0.15, 0.2) is 11.6 Å². The second kappa shape index (κ2) is 7.15. The molecule has 4 rings (SSSR count). The van der Waals surface area contributed by atoms with Crippen LogP contribution in [0.15, 0.2) is 54.9 Å². The number of anilines is 3. The fourth-order valence-electron chi connectivity index (χ4n) is 3.05. The van der Waals surface area contributed by atoms with Crippen molar-refractivity contribution in [2.45, 2.75) is 20.8 Å². The number of hydrogen-bond donors (Lipinski definition) is 2. The van der Waals surface area contributed by atoms with Gasteiger partial charge in [0.05, 0.1) is 0 Å². The molecule has 4 aromatic rings. The molecule has 0 saturated carbocycles. The maximum atomic E-state index is 6.30. The highest BCUT2D eigenvalue weighted by molar-refractivity contribution is 5.85. The number of nitrogens with zero attached hydrogens (tertiary/aromatic N) is 3. The molecule has 6 nitrogen and oxygen atoms in total. The Bertz CT molecular complexity index is 1170. The Hall–Kier alpha value is -3.67. The molecule has 0 unspecified atom stereocenters. The number of aryl methyl sites for hydroxylation is 3. The van der Waals surface area contributed by atoms with Gasteiger partial charge in [0.25, 0.3) is 0 Å². The first-order valence-electron chi connectivity index (χ1n) is 9.00. The summed E-state index contributed by atoms with van der Waals surface area (Å²) in [5.41, 5.74) is 11.6. The first-order chi connectivity index (χ1) is 13.5. The summed E-state index contributed by atoms with van der Waals surface area (Å²) in [7, 11) is 0. The molecule has 3 N–H and O–H groups in total. The summed E-state index contributed by atoms with van der Waals surface area (Å²) in [5.74, 6) is 1.39. The molecule has 2 aromatic carbocycles. The lowest BCUT2D eigenvalue weighted by Gasteiger charge is -2.14. The molecule has 0 radical (unpaired) electrons. The topological polar surface area (TPSA) is 86.0 Å². The largest absolute Gasteiger partial charge is 0.435 e. The van der Waals surface area contributed by atoms with E-state index >= 15 is 0 Å². The maximum Gasteiger partial charge on any atom is 0.248 e. The fraction of sp³-hybridized carbons (Fsp3) is 0.136. The smallest absolute Gasteiger partial charge is 0.248 e. The monoisotopic (exact) mass is 371 g/mol. The van der Waals surface area contributed by atoms with Gasteiger partial charge in [-0.25, -0.2) is 9.97 Å². The molecule has 0 aliphatic rings. The van der Waals surface area contributed by atoms with Gasteiger partial charge >= 0.3 is 0 Å². The molecule has 2 heterocycles. The van der Waals surface area contributed by atoms with E-state index in [1.54, 1.807) is 0 Å². The van der Waals surface area contributed by atoms with Crippen molar-refractivity contribution in [1.29, 1.82) is 0 Å². The van der Waals surface area contributed by atoms with Gasteiger partial charge in [-0.15, -0.1) is 0 Å². The van der Waals surface area contributed by atoms with E-state index in [-0.39, 0.29) is 5.88 Å². The lowest BCUT2D eigenvalue weighted by atomic mass is 10.1. The Morgan fingerprint density at radius 1 is 0.964 bits per heavy atom. The van der Waals surface area contributed by atoms with E-state index in [1.807, 2.05) is 56.3 Å². The second-order valence-electron chi connectivity index (χ2n) is 6.77. The highest BCUT2D eigenvalue weighted by Crippen LogP contribution is 2.34. The van der Waals surface area contributed by atoms with Crippen LogP contribution in [0.1, 0.15) is 16.8 Å². The highest BCUT2D eigenvalue weighted by Gasteiger charge is 2.13. The van der Waals surface area contributed by atoms with Crippen molar-refractivity contribution in [3.8, 4) is 11.6 Å². The van der Waals surface area contributed by atoms with Crippen molar-refractivity contribution in [2.24, 2.45) is 0 Å². The normalized spacial score (nSPS) is 10.8. The number of hydrogen-bond acceptors (Lipinski definition) is 6. The minimum Gasteiger partial charge on any atom is -0.435 e. The van der Waals surface area contributed by atoms with Crippen molar-refractivity contribution in [2.75, 3.05) is 11.1 Å². The Balaban J connectivity index is 1.69. The van der Waals surface area contributed by atoms with Crippen molar-refractivity contribution in [1.82, 2.24) is 15.0 Å².